The lowest BCUT2D eigenvalue weighted by Gasteiger charge is -2.03. The summed E-state index contributed by atoms with van der Waals surface area (Å²) < 4.78 is 0. The highest BCUT2D eigenvalue weighted by atomic mass is 32.2. The van der Waals surface area contributed by atoms with E-state index in [9.17, 15) is 4.79 Å². The fourth-order valence-corrected chi connectivity index (χ4v) is 1.67. The van der Waals surface area contributed by atoms with Crippen LogP contribution in [-0.2, 0) is 4.79 Å². The highest BCUT2D eigenvalue weighted by Gasteiger charge is 2.12. The minimum atomic E-state index is -0.377. The number of amidine groups is 1. The van der Waals surface area contributed by atoms with Crippen LogP contribution in [-0.4, -0.2) is 16.8 Å². The van der Waals surface area contributed by atoms with E-state index < -0.39 is 0 Å². The van der Waals surface area contributed by atoms with Gasteiger partial charge < -0.3 is 0 Å². The molecule has 0 aromatic heterocycles. The number of nitrogens with zero attached hydrogens (tertiary/aromatic N) is 3. The van der Waals surface area contributed by atoms with Gasteiger partial charge in [-0.25, -0.2) is 0 Å². The molecule has 1 aliphatic rings. The molecule has 0 aromatic rings. The lowest BCUT2D eigenvalue weighted by molar-refractivity contribution is -0.114. The Hall–Kier alpha value is -0.970. The number of aliphatic imine (C=N–C) groups is 1. The van der Waals surface area contributed by atoms with Crippen molar-refractivity contribution in [3.05, 3.63) is 12.3 Å². The third kappa shape index (κ3) is 3.41. The van der Waals surface area contributed by atoms with Crippen molar-refractivity contribution in [2.24, 2.45) is 15.2 Å². The first kappa shape index (κ1) is 11.1. The fraction of sp³-hybridized carbons (Fsp3) is 0.556. The third-order valence-corrected chi connectivity index (χ3v) is 2.60. The minimum absolute atomic E-state index is 0.114. The zero-order chi connectivity index (χ0) is 10.4. The number of hydrogen-bond donors (Lipinski definition) is 0. The number of thioether (sulfide) groups is 1. The van der Waals surface area contributed by atoms with Gasteiger partial charge in [0.15, 0.2) is 0 Å². The first-order chi connectivity index (χ1) is 6.74. The molecule has 1 heterocycles. The van der Waals surface area contributed by atoms with Gasteiger partial charge in [0.1, 0.15) is 5.70 Å². The number of amides is 1. The zero-order valence-electron chi connectivity index (χ0n) is 8.19. The molecule has 1 rings (SSSR count). The molecular formula is C9H13N3OS. The number of carbonyl (C=O) groups is 1. The molecule has 76 valence electrons. The molecule has 0 saturated carbocycles. The van der Waals surface area contributed by atoms with Crippen molar-refractivity contribution >= 4 is 22.8 Å². The van der Waals surface area contributed by atoms with Crippen LogP contribution in [0.4, 0.5) is 0 Å². The van der Waals surface area contributed by atoms with E-state index in [2.05, 4.69) is 28.7 Å². The SMILES string of the molecule is C=C1N=NC(SCCCCC)=NC1=O. The van der Waals surface area contributed by atoms with Crippen molar-refractivity contribution < 1.29 is 4.79 Å². The molecule has 0 spiro atoms. The molecule has 0 radical (unpaired) electrons. The van der Waals surface area contributed by atoms with Crippen LogP contribution in [0.1, 0.15) is 26.2 Å². The Kier molecular flexibility index (Phi) is 4.52. The molecule has 0 bridgehead atoms. The van der Waals surface area contributed by atoms with Crippen molar-refractivity contribution in [2.45, 2.75) is 26.2 Å². The molecule has 0 atom stereocenters. The molecule has 1 amide bonds. The summed E-state index contributed by atoms with van der Waals surface area (Å²) in [7, 11) is 0. The maximum absolute atomic E-state index is 11.0. The second-order valence-corrected chi connectivity index (χ2v) is 3.96. The summed E-state index contributed by atoms with van der Waals surface area (Å²) in [5.41, 5.74) is 0.114. The molecule has 0 saturated heterocycles. The molecule has 4 nitrogen and oxygen atoms in total. The smallest absolute Gasteiger partial charge is 0.265 e. The van der Waals surface area contributed by atoms with Gasteiger partial charge in [-0.15, -0.1) is 10.2 Å². The highest BCUT2D eigenvalue weighted by molar-refractivity contribution is 8.13. The molecule has 0 aromatic carbocycles. The van der Waals surface area contributed by atoms with E-state index in [1.54, 1.807) is 0 Å². The lowest BCUT2D eigenvalue weighted by atomic mass is 10.3. The van der Waals surface area contributed by atoms with E-state index in [1.807, 2.05) is 0 Å². The quantitative estimate of drug-likeness (QED) is 0.530. The largest absolute Gasteiger partial charge is 0.299 e. The van der Waals surface area contributed by atoms with E-state index >= 15 is 0 Å². The topological polar surface area (TPSA) is 54.1 Å². The average molecular weight is 211 g/mol. The van der Waals surface area contributed by atoms with Crippen LogP contribution in [0.15, 0.2) is 27.5 Å². The summed E-state index contributed by atoms with van der Waals surface area (Å²) in [4.78, 5) is 14.8. The second kappa shape index (κ2) is 5.70. The molecule has 14 heavy (non-hydrogen) atoms. The van der Waals surface area contributed by atoms with Gasteiger partial charge in [-0.05, 0) is 6.42 Å². The monoisotopic (exact) mass is 211 g/mol. The van der Waals surface area contributed by atoms with E-state index in [4.69, 9.17) is 0 Å². The van der Waals surface area contributed by atoms with E-state index in [-0.39, 0.29) is 11.6 Å². The van der Waals surface area contributed by atoms with Crippen molar-refractivity contribution in [1.29, 1.82) is 0 Å². The molecule has 0 unspecified atom stereocenters. The summed E-state index contributed by atoms with van der Waals surface area (Å²) in [6, 6.07) is 0. The van der Waals surface area contributed by atoms with Gasteiger partial charge in [-0.1, -0.05) is 38.1 Å². The van der Waals surface area contributed by atoms with Gasteiger partial charge >= 0.3 is 0 Å². The Morgan fingerprint density at radius 3 is 2.79 bits per heavy atom. The molecule has 0 N–H and O–H groups in total. The number of unbranched alkanes of at least 4 members (excludes halogenated alkanes) is 2. The highest BCUT2D eigenvalue weighted by Crippen LogP contribution is 2.15. The Morgan fingerprint density at radius 2 is 2.14 bits per heavy atom. The van der Waals surface area contributed by atoms with Gasteiger partial charge in [-0.2, -0.15) is 4.99 Å². The van der Waals surface area contributed by atoms with E-state index in [1.165, 1.54) is 24.6 Å². The lowest BCUT2D eigenvalue weighted by Crippen LogP contribution is -2.04. The molecular weight excluding hydrogens is 198 g/mol. The Morgan fingerprint density at radius 1 is 1.36 bits per heavy atom. The van der Waals surface area contributed by atoms with E-state index in [0.29, 0.717) is 5.17 Å². The van der Waals surface area contributed by atoms with Crippen molar-refractivity contribution in [3.63, 3.8) is 0 Å². The van der Waals surface area contributed by atoms with E-state index in [0.717, 1.165) is 12.2 Å². The third-order valence-electron chi connectivity index (χ3n) is 1.68. The summed E-state index contributed by atoms with van der Waals surface area (Å²) in [5.74, 6) is 0.559. The first-order valence-electron chi connectivity index (χ1n) is 4.60. The maximum Gasteiger partial charge on any atom is 0.299 e. The number of rotatable bonds is 4. The van der Waals surface area contributed by atoms with Gasteiger partial charge in [0, 0.05) is 5.75 Å². The van der Waals surface area contributed by atoms with Gasteiger partial charge in [-0.3, -0.25) is 4.79 Å². The predicted molar refractivity (Wildman–Crippen MR) is 58.4 cm³/mol. The normalized spacial score (nSPS) is 15.9. The number of azo groups is 1. The van der Waals surface area contributed by atoms with Crippen LogP contribution >= 0.6 is 11.8 Å². The summed E-state index contributed by atoms with van der Waals surface area (Å²) in [6.07, 6.45) is 3.49. The van der Waals surface area contributed by atoms with Crippen molar-refractivity contribution in [1.82, 2.24) is 0 Å². The zero-order valence-corrected chi connectivity index (χ0v) is 9.01. The van der Waals surface area contributed by atoms with Crippen LogP contribution in [0.25, 0.3) is 0 Å². The first-order valence-corrected chi connectivity index (χ1v) is 5.59. The number of hydrogen-bond acceptors (Lipinski definition) is 4. The standard InChI is InChI=1S/C9H13N3OS/c1-3-4-5-6-14-9-10-8(13)7(2)11-12-9/h2-6H2,1H3. The summed E-state index contributed by atoms with van der Waals surface area (Å²) in [5, 5.41) is 7.85. The molecule has 0 aliphatic carbocycles. The van der Waals surface area contributed by atoms with Crippen LogP contribution in [0, 0.1) is 0 Å². The summed E-state index contributed by atoms with van der Waals surface area (Å²) in [6.45, 7) is 5.56. The van der Waals surface area contributed by atoms with Gasteiger partial charge in [0.05, 0.1) is 0 Å². The van der Waals surface area contributed by atoms with Crippen LogP contribution in [0.5, 0.6) is 0 Å². The number of carbonyl (C=O) groups excluding carboxylic acids is 1. The van der Waals surface area contributed by atoms with Crippen LogP contribution < -0.4 is 0 Å². The Labute approximate surface area is 87.6 Å². The van der Waals surface area contributed by atoms with Gasteiger partial charge in [0.25, 0.3) is 5.91 Å². The summed E-state index contributed by atoms with van der Waals surface area (Å²) >= 11 is 1.47. The maximum atomic E-state index is 11.0. The Balaban J connectivity index is 2.32. The minimum Gasteiger partial charge on any atom is -0.265 e. The molecule has 1 aliphatic heterocycles. The Bertz CT molecular complexity index is 296. The van der Waals surface area contributed by atoms with Crippen LogP contribution in [0.2, 0.25) is 0 Å². The predicted octanol–water partition coefficient (Wildman–Crippen LogP) is 2.77. The second-order valence-electron chi connectivity index (χ2n) is 2.90. The fourth-order valence-electron chi connectivity index (χ4n) is 0.896. The molecule has 5 heteroatoms. The molecule has 0 fully saturated rings. The van der Waals surface area contributed by atoms with Gasteiger partial charge in [0.2, 0.25) is 5.17 Å². The average Bonchev–Trinajstić information content (AvgIpc) is 2.18. The van der Waals surface area contributed by atoms with Crippen LogP contribution in [0.3, 0.4) is 0 Å². The van der Waals surface area contributed by atoms with Crippen molar-refractivity contribution in [2.75, 3.05) is 5.75 Å². The van der Waals surface area contributed by atoms with Crippen molar-refractivity contribution in [3.8, 4) is 0 Å².